The Morgan fingerprint density at radius 3 is 2.82 bits per heavy atom. The van der Waals surface area contributed by atoms with Crippen molar-refractivity contribution in [2.75, 3.05) is 11.9 Å². The first-order valence-corrected chi connectivity index (χ1v) is 5.75. The van der Waals surface area contributed by atoms with Crippen LogP contribution in [-0.2, 0) is 0 Å². The van der Waals surface area contributed by atoms with Crippen molar-refractivity contribution in [2.24, 2.45) is 5.92 Å². The van der Waals surface area contributed by atoms with E-state index in [1.165, 1.54) is 12.1 Å². The molecule has 2 rings (SSSR count). The van der Waals surface area contributed by atoms with Gasteiger partial charge in [0.1, 0.15) is 0 Å². The SMILES string of the molecule is Cc1cc([N+](=O)[O-])ccc1NCC(O)C1CC1. The Hall–Kier alpha value is -1.62. The molecule has 0 spiro atoms. The maximum atomic E-state index is 10.6. The fourth-order valence-corrected chi connectivity index (χ4v) is 1.82. The van der Waals surface area contributed by atoms with Crippen molar-refractivity contribution < 1.29 is 10.0 Å². The number of nitro benzene ring substituents is 1. The molecule has 1 aromatic carbocycles. The smallest absolute Gasteiger partial charge is 0.269 e. The third kappa shape index (κ3) is 2.94. The Morgan fingerprint density at radius 1 is 1.59 bits per heavy atom. The molecule has 0 saturated heterocycles. The van der Waals surface area contributed by atoms with Gasteiger partial charge in [-0.05, 0) is 37.3 Å². The average Bonchev–Trinajstić information content (AvgIpc) is 3.10. The number of nitrogens with zero attached hydrogens (tertiary/aromatic N) is 1. The summed E-state index contributed by atoms with van der Waals surface area (Å²) in [6.07, 6.45) is 1.88. The summed E-state index contributed by atoms with van der Waals surface area (Å²) in [6.45, 7) is 2.32. The summed E-state index contributed by atoms with van der Waals surface area (Å²) in [5.41, 5.74) is 1.76. The fourth-order valence-electron chi connectivity index (χ4n) is 1.82. The quantitative estimate of drug-likeness (QED) is 0.606. The summed E-state index contributed by atoms with van der Waals surface area (Å²) < 4.78 is 0. The van der Waals surface area contributed by atoms with Gasteiger partial charge in [0.25, 0.3) is 5.69 Å². The minimum Gasteiger partial charge on any atom is -0.391 e. The number of anilines is 1. The van der Waals surface area contributed by atoms with Crippen molar-refractivity contribution in [1.29, 1.82) is 0 Å². The van der Waals surface area contributed by atoms with E-state index in [0.29, 0.717) is 12.5 Å². The Bertz CT molecular complexity index is 430. The van der Waals surface area contributed by atoms with E-state index >= 15 is 0 Å². The average molecular weight is 236 g/mol. The normalized spacial score (nSPS) is 16.6. The van der Waals surface area contributed by atoms with Gasteiger partial charge >= 0.3 is 0 Å². The maximum absolute atomic E-state index is 10.6. The van der Waals surface area contributed by atoms with Crippen molar-refractivity contribution in [2.45, 2.75) is 25.9 Å². The van der Waals surface area contributed by atoms with Crippen LogP contribution in [0.4, 0.5) is 11.4 Å². The molecule has 0 amide bonds. The van der Waals surface area contributed by atoms with Gasteiger partial charge in [-0.3, -0.25) is 10.1 Å². The van der Waals surface area contributed by atoms with Crippen LogP contribution in [-0.4, -0.2) is 22.7 Å². The third-order valence-corrected chi connectivity index (χ3v) is 3.09. The molecule has 1 unspecified atom stereocenters. The van der Waals surface area contributed by atoms with Gasteiger partial charge in [0.05, 0.1) is 11.0 Å². The number of aliphatic hydroxyl groups excluding tert-OH is 1. The van der Waals surface area contributed by atoms with E-state index in [0.717, 1.165) is 24.1 Å². The van der Waals surface area contributed by atoms with E-state index in [-0.39, 0.29) is 11.8 Å². The lowest BCUT2D eigenvalue weighted by Crippen LogP contribution is -2.21. The first-order valence-electron chi connectivity index (χ1n) is 5.75. The number of aryl methyl sites for hydroxylation is 1. The molecule has 0 aromatic heterocycles. The van der Waals surface area contributed by atoms with Gasteiger partial charge in [-0.15, -0.1) is 0 Å². The topological polar surface area (TPSA) is 75.4 Å². The van der Waals surface area contributed by atoms with Crippen LogP contribution < -0.4 is 5.32 Å². The lowest BCUT2D eigenvalue weighted by Gasteiger charge is -2.13. The highest BCUT2D eigenvalue weighted by Gasteiger charge is 2.29. The van der Waals surface area contributed by atoms with Crippen LogP contribution in [0.1, 0.15) is 18.4 Å². The van der Waals surface area contributed by atoms with Crippen LogP contribution in [0, 0.1) is 23.0 Å². The number of hydrogen-bond acceptors (Lipinski definition) is 4. The van der Waals surface area contributed by atoms with Gasteiger partial charge in [0, 0.05) is 24.4 Å². The van der Waals surface area contributed by atoms with E-state index in [1.807, 2.05) is 6.92 Å². The predicted octanol–water partition coefficient (Wildman–Crippen LogP) is 2.09. The van der Waals surface area contributed by atoms with E-state index < -0.39 is 4.92 Å². The molecule has 0 bridgehead atoms. The minimum atomic E-state index is -0.407. The molecule has 17 heavy (non-hydrogen) atoms. The second-order valence-corrected chi connectivity index (χ2v) is 4.54. The van der Waals surface area contributed by atoms with Crippen LogP contribution in [0.2, 0.25) is 0 Å². The maximum Gasteiger partial charge on any atom is 0.269 e. The number of non-ortho nitro benzene ring substituents is 1. The third-order valence-electron chi connectivity index (χ3n) is 3.09. The standard InChI is InChI=1S/C12H16N2O3/c1-8-6-10(14(16)17)4-5-11(8)13-7-12(15)9-2-3-9/h4-6,9,12-13,15H,2-3,7H2,1H3. The Morgan fingerprint density at radius 2 is 2.29 bits per heavy atom. The van der Waals surface area contributed by atoms with E-state index in [9.17, 15) is 15.2 Å². The summed E-state index contributed by atoms with van der Waals surface area (Å²) >= 11 is 0. The molecule has 1 aliphatic carbocycles. The summed E-state index contributed by atoms with van der Waals surface area (Å²) in [4.78, 5) is 10.2. The van der Waals surface area contributed by atoms with E-state index in [2.05, 4.69) is 5.32 Å². The van der Waals surface area contributed by atoms with Gasteiger partial charge in [-0.25, -0.2) is 0 Å². The number of nitrogens with one attached hydrogen (secondary N) is 1. The molecule has 5 nitrogen and oxygen atoms in total. The number of aliphatic hydroxyl groups is 1. The van der Waals surface area contributed by atoms with Crippen LogP contribution in [0.15, 0.2) is 18.2 Å². The Labute approximate surface area is 99.6 Å². The molecule has 92 valence electrons. The zero-order valence-corrected chi connectivity index (χ0v) is 9.72. The lowest BCUT2D eigenvalue weighted by atomic mass is 10.1. The summed E-state index contributed by atoms with van der Waals surface area (Å²) in [7, 11) is 0. The van der Waals surface area contributed by atoms with Gasteiger partial charge in [-0.2, -0.15) is 0 Å². The first kappa shape index (κ1) is 11.9. The van der Waals surface area contributed by atoms with Crippen molar-refractivity contribution in [3.63, 3.8) is 0 Å². The second-order valence-electron chi connectivity index (χ2n) is 4.54. The van der Waals surface area contributed by atoms with Crippen LogP contribution >= 0.6 is 0 Å². The number of nitro groups is 1. The number of benzene rings is 1. The van der Waals surface area contributed by atoms with Gasteiger partial charge in [0.15, 0.2) is 0 Å². The van der Waals surface area contributed by atoms with Crippen molar-refractivity contribution in [1.82, 2.24) is 0 Å². The van der Waals surface area contributed by atoms with Crippen LogP contribution in [0.5, 0.6) is 0 Å². The molecule has 0 radical (unpaired) electrons. The monoisotopic (exact) mass is 236 g/mol. The van der Waals surface area contributed by atoms with Crippen LogP contribution in [0.25, 0.3) is 0 Å². The number of hydrogen-bond donors (Lipinski definition) is 2. The molecule has 2 N–H and O–H groups in total. The largest absolute Gasteiger partial charge is 0.391 e. The molecular formula is C12H16N2O3. The zero-order chi connectivity index (χ0) is 12.4. The number of rotatable bonds is 5. The molecule has 0 aliphatic heterocycles. The highest BCUT2D eigenvalue weighted by atomic mass is 16.6. The second kappa shape index (κ2) is 4.71. The fraction of sp³-hybridized carbons (Fsp3) is 0.500. The van der Waals surface area contributed by atoms with Crippen LogP contribution in [0.3, 0.4) is 0 Å². The Balaban J connectivity index is 1.98. The zero-order valence-electron chi connectivity index (χ0n) is 9.72. The van der Waals surface area contributed by atoms with Gasteiger partial charge < -0.3 is 10.4 Å². The molecular weight excluding hydrogens is 220 g/mol. The lowest BCUT2D eigenvalue weighted by molar-refractivity contribution is -0.384. The van der Waals surface area contributed by atoms with E-state index in [4.69, 9.17) is 0 Å². The van der Waals surface area contributed by atoms with Gasteiger partial charge in [-0.1, -0.05) is 0 Å². The molecule has 0 heterocycles. The summed E-state index contributed by atoms with van der Waals surface area (Å²) in [5.74, 6) is 0.431. The first-order chi connectivity index (χ1) is 8.08. The van der Waals surface area contributed by atoms with Crippen molar-refractivity contribution in [3.05, 3.63) is 33.9 Å². The summed E-state index contributed by atoms with van der Waals surface area (Å²) in [5, 5.41) is 23.4. The predicted molar refractivity (Wildman–Crippen MR) is 65.1 cm³/mol. The Kier molecular flexibility index (Phi) is 3.28. The highest BCUT2D eigenvalue weighted by Crippen LogP contribution is 2.32. The van der Waals surface area contributed by atoms with Crippen molar-refractivity contribution >= 4 is 11.4 Å². The van der Waals surface area contributed by atoms with Gasteiger partial charge in [0.2, 0.25) is 0 Å². The molecule has 1 saturated carbocycles. The summed E-state index contributed by atoms with van der Waals surface area (Å²) in [6, 6.07) is 4.69. The minimum absolute atomic E-state index is 0.0933. The molecule has 1 aromatic rings. The highest BCUT2D eigenvalue weighted by molar-refractivity contribution is 5.55. The van der Waals surface area contributed by atoms with E-state index in [1.54, 1.807) is 6.07 Å². The molecule has 1 aliphatic rings. The van der Waals surface area contributed by atoms with Crippen molar-refractivity contribution in [3.8, 4) is 0 Å². The molecule has 5 heteroatoms. The molecule has 1 atom stereocenters. The molecule has 1 fully saturated rings.